The van der Waals surface area contributed by atoms with Crippen molar-refractivity contribution in [2.75, 3.05) is 45.3 Å². The highest BCUT2D eigenvalue weighted by Crippen LogP contribution is 2.29. The van der Waals surface area contributed by atoms with Crippen LogP contribution in [0.15, 0.2) is 41.2 Å². The van der Waals surface area contributed by atoms with Crippen molar-refractivity contribution in [3.05, 3.63) is 46.8 Å². The van der Waals surface area contributed by atoms with Crippen LogP contribution >= 0.6 is 0 Å². The second-order valence-electron chi connectivity index (χ2n) is 7.81. The molecule has 7 heteroatoms. The van der Waals surface area contributed by atoms with Crippen LogP contribution in [0.4, 0.5) is 5.69 Å². The van der Waals surface area contributed by atoms with Gasteiger partial charge in [0.2, 0.25) is 0 Å². The van der Waals surface area contributed by atoms with Crippen LogP contribution < -0.4 is 19.9 Å². The molecule has 2 aromatic carbocycles. The zero-order chi connectivity index (χ0) is 21.3. The highest BCUT2D eigenvalue weighted by Gasteiger charge is 2.20. The number of anilines is 1. The molecule has 1 aromatic heterocycles. The number of benzene rings is 2. The van der Waals surface area contributed by atoms with E-state index >= 15 is 0 Å². The van der Waals surface area contributed by atoms with E-state index in [0.717, 1.165) is 37.4 Å². The number of hydrogen-bond acceptors (Lipinski definition) is 6. The molecule has 0 atom stereocenters. The van der Waals surface area contributed by atoms with Crippen LogP contribution in [0.2, 0.25) is 0 Å². The van der Waals surface area contributed by atoms with Crippen LogP contribution in [-0.4, -0.2) is 61.3 Å². The molecule has 1 fully saturated rings. The van der Waals surface area contributed by atoms with Crippen molar-refractivity contribution in [3.8, 4) is 22.9 Å². The van der Waals surface area contributed by atoms with E-state index in [1.165, 1.54) is 7.11 Å². The Balaban J connectivity index is 1.69. The molecule has 1 N–H and O–H groups in total. The number of fused-ring (bicyclic) bond motifs is 1. The number of rotatable bonds is 5. The lowest BCUT2D eigenvalue weighted by molar-refractivity contribution is 0.209. The summed E-state index contributed by atoms with van der Waals surface area (Å²) in [6.45, 7) is 8.54. The number of ether oxygens (including phenoxy) is 2. The van der Waals surface area contributed by atoms with E-state index in [0.29, 0.717) is 34.3 Å². The Labute approximate surface area is 176 Å². The Morgan fingerprint density at radius 3 is 2.47 bits per heavy atom. The minimum absolute atomic E-state index is 0.231. The maximum absolute atomic E-state index is 12.8. The van der Waals surface area contributed by atoms with E-state index in [2.05, 4.69) is 40.8 Å². The average molecular weight is 409 g/mol. The summed E-state index contributed by atoms with van der Waals surface area (Å²) in [5.74, 6) is 1.58. The maximum Gasteiger partial charge on any atom is 0.262 e. The molecule has 158 valence electrons. The number of H-pyrrole nitrogens is 1. The number of methoxy groups -OCH3 is 2. The fourth-order valence-electron chi connectivity index (χ4n) is 3.97. The summed E-state index contributed by atoms with van der Waals surface area (Å²) in [7, 11) is 3.11. The first kappa shape index (κ1) is 20.2. The van der Waals surface area contributed by atoms with Gasteiger partial charge in [-0.1, -0.05) is 12.1 Å². The monoisotopic (exact) mass is 408 g/mol. The number of aromatic nitrogens is 2. The van der Waals surface area contributed by atoms with E-state index in [-0.39, 0.29) is 5.56 Å². The molecular formula is C23H28N4O3. The van der Waals surface area contributed by atoms with Gasteiger partial charge < -0.3 is 19.4 Å². The first-order valence-corrected chi connectivity index (χ1v) is 10.3. The van der Waals surface area contributed by atoms with E-state index in [1.807, 2.05) is 12.1 Å². The van der Waals surface area contributed by atoms with Crippen LogP contribution in [0, 0.1) is 0 Å². The van der Waals surface area contributed by atoms with E-state index in [1.54, 1.807) is 19.2 Å². The topological polar surface area (TPSA) is 70.7 Å². The van der Waals surface area contributed by atoms with Crippen molar-refractivity contribution in [2.24, 2.45) is 0 Å². The van der Waals surface area contributed by atoms with Gasteiger partial charge in [-0.25, -0.2) is 4.98 Å². The molecule has 2 heterocycles. The van der Waals surface area contributed by atoms with Crippen molar-refractivity contribution in [2.45, 2.75) is 19.9 Å². The summed E-state index contributed by atoms with van der Waals surface area (Å²) in [4.78, 5) is 25.3. The van der Waals surface area contributed by atoms with Gasteiger partial charge >= 0.3 is 0 Å². The number of nitrogens with one attached hydrogen (secondary N) is 1. The Morgan fingerprint density at radius 1 is 1.03 bits per heavy atom. The van der Waals surface area contributed by atoms with Crippen molar-refractivity contribution in [3.63, 3.8) is 0 Å². The summed E-state index contributed by atoms with van der Waals surface area (Å²) in [6, 6.07) is 12.2. The molecule has 0 aliphatic carbocycles. The summed E-state index contributed by atoms with van der Waals surface area (Å²) in [5.41, 5.74) is 2.33. The normalized spacial score (nSPS) is 15.0. The largest absolute Gasteiger partial charge is 0.497 e. The van der Waals surface area contributed by atoms with Crippen LogP contribution in [-0.2, 0) is 0 Å². The number of hydrogen-bond donors (Lipinski definition) is 1. The average Bonchev–Trinajstić information content (AvgIpc) is 2.78. The van der Waals surface area contributed by atoms with Gasteiger partial charge in [0.15, 0.2) is 0 Å². The van der Waals surface area contributed by atoms with Crippen molar-refractivity contribution in [1.29, 1.82) is 0 Å². The van der Waals surface area contributed by atoms with E-state index < -0.39 is 0 Å². The Hall–Kier alpha value is -3.06. The van der Waals surface area contributed by atoms with Crippen LogP contribution in [0.25, 0.3) is 22.3 Å². The number of aromatic amines is 1. The first-order valence-electron chi connectivity index (χ1n) is 10.3. The minimum Gasteiger partial charge on any atom is -0.497 e. The molecule has 0 unspecified atom stereocenters. The predicted molar refractivity (Wildman–Crippen MR) is 120 cm³/mol. The summed E-state index contributed by atoms with van der Waals surface area (Å²) >= 11 is 0. The molecule has 0 spiro atoms. The third-order valence-corrected chi connectivity index (χ3v) is 5.73. The first-order chi connectivity index (χ1) is 14.5. The highest BCUT2D eigenvalue weighted by atomic mass is 16.5. The smallest absolute Gasteiger partial charge is 0.262 e. The standard InChI is InChI=1S/C23H28N4O3/c1-15(2)26-8-10-27(11-9-26)17-7-5-6-16(12-17)22-24-19-13-18(29-3)14-20(30-4)21(19)23(28)25-22/h5-7,12-15H,8-11H2,1-4H3,(H,24,25,28). The van der Waals surface area contributed by atoms with Gasteiger partial charge in [0.25, 0.3) is 5.56 Å². The summed E-state index contributed by atoms with van der Waals surface area (Å²) < 4.78 is 10.7. The maximum atomic E-state index is 12.8. The lowest BCUT2D eigenvalue weighted by Crippen LogP contribution is -2.48. The molecule has 0 bridgehead atoms. The Morgan fingerprint density at radius 2 is 1.80 bits per heavy atom. The molecule has 1 aliphatic heterocycles. The van der Waals surface area contributed by atoms with Gasteiger partial charge in [0, 0.05) is 55.6 Å². The molecule has 7 nitrogen and oxygen atoms in total. The van der Waals surface area contributed by atoms with Gasteiger partial charge in [-0.15, -0.1) is 0 Å². The molecule has 0 saturated carbocycles. The van der Waals surface area contributed by atoms with Crippen LogP contribution in [0.5, 0.6) is 11.5 Å². The van der Waals surface area contributed by atoms with E-state index in [4.69, 9.17) is 14.5 Å². The SMILES string of the molecule is COc1cc(OC)c2c(=O)[nH]c(-c3cccc(N4CCN(C(C)C)CC4)c3)nc2c1. The lowest BCUT2D eigenvalue weighted by Gasteiger charge is -2.38. The van der Waals surface area contributed by atoms with Crippen LogP contribution in [0.3, 0.4) is 0 Å². The van der Waals surface area contributed by atoms with Gasteiger partial charge in [-0.3, -0.25) is 9.69 Å². The molecule has 30 heavy (non-hydrogen) atoms. The highest BCUT2D eigenvalue weighted by molar-refractivity contribution is 5.87. The molecule has 1 aliphatic rings. The lowest BCUT2D eigenvalue weighted by atomic mass is 10.1. The third-order valence-electron chi connectivity index (χ3n) is 5.73. The summed E-state index contributed by atoms with van der Waals surface area (Å²) in [5, 5.41) is 0.419. The predicted octanol–water partition coefficient (Wildman–Crippen LogP) is 3.14. The van der Waals surface area contributed by atoms with Crippen molar-refractivity contribution < 1.29 is 9.47 Å². The van der Waals surface area contributed by atoms with E-state index in [9.17, 15) is 4.79 Å². The second-order valence-corrected chi connectivity index (χ2v) is 7.81. The van der Waals surface area contributed by atoms with Crippen LogP contribution in [0.1, 0.15) is 13.8 Å². The molecule has 0 amide bonds. The zero-order valence-corrected chi connectivity index (χ0v) is 17.9. The van der Waals surface area contributed by atoms with Gasteiger partial charge in [-0.05, 0) is 26.0 Å². The summed E-state index contributed by atoms with van der Waals surface area (Å²) in [6.07, 6.45) is 0. The fraction of sp³-hybridized carbons (Fsp3) is 0.391. The second kappa shape index (κ2) is 8.36. The quantitative estimate of drug-likeness (QED) is 0.699. The van der Waals surface area contributed by atoms with Gasteiger partial charge in [0.05, 0.1) is 19.7 Å². The molecule has 4 rings (SSSR count). The van der Waals surface area contributed by atoms with Crippen molar-refractivity contribution >= 4 is 16.6 Å². The Bertz CT molecular complexity index is 1100. The Kier molecular flexibility index (Phi) is 5.63. The third kappa shape index (κ3) is 3.85. The van der Waals surface area contributed by atoms with Gasteiger partial charge in [-0.2, -0.15) is 0 Å². The zero-order valence-electron chi connectivity index (χ0n) is 17.9. The minimum atomic E-state index is -0.231. The molecule has 1 saturated heterocycles. The fourth-order valence-corrected chi connectivity index (χ4v) is 3.97. The number of nitrogens with zero attached hydrogens (tertiary/aromatic N) is 3. The van der Waals surface area contributed by atoms with Crippen molar-refractivity contribution in [1.82, 2.24) is 14.9 Å². The van der Waals surface area contributed by atoms with Gasteiger partial charge in [0.1, 0.15) is 22.7 Å². The molecular weight excluding hydrogens is 380 g/mol. The number of piperazine rings is 1. The molecule has 3 aromatic rings. The molecule has 0 radical (unpaired) electrons.